The molecule has 4 fully saturated rings. The fourth-order valence-electron chi connectivity index (χ4n) is 8.57. The van der Waals surface area contributed by atoms with Crippen molar-refractivity contribution in [3.63, 3.8) is 0 Å². The zero-order chi connectivity index (χ0) is 54.4. The molecule has 0 radical (unpaired) electrons. The van der Waals surface area contributed by atoms with Gasteiger partial charge in [0.2, 0.25) is 12.4 Å². The molecule has 0 spiro atoms. The molecule has 5 aromatic rings. The van der Waals surface area contributed by atoms with E-state index in [4.69, 9.17) is 61.7 Å². The molecule has 4 aliphatic heterocycles. The van der Waals surface area contributed by atoms with Gasteiger partial charge in [-0.25, -0.2) is 43.2 Å². The van der Waals surface area contributed by atoms with Crippen molar-refractivity contribution >= 4 is 83.7 Å². The Labute approximate surface area is 428 Å². The number of nitrogens with one attached hydrogen (secondary N) is 1. The molecule has 4 aliphatic rings. The highest BCUT2D eigenvalue weighted by Gasteiger charge is 2.57. The molecule has 0 saturated carbocycles. The zero-order valence-electron chi connectivity index (χ0n) is 39.7. The molecule has 76 heavy (non-hydrogen) atoms. The second kappa shape index (κ2) is 21.8. The number of imidazole rings is 2. The van der Waals surface area contributed by atoms with Gasteiger partial charge < -0.3 is 53.5 Å². The second-order valence-corrected chi connectivity index (χ2v) is 22.3. The molecule has 0 bridgehead atoms. The minimum Gasteiger partial charge on any atom is -0.467 e. The summed E-state index contributed by atoms with van der Waals surface area (Å²) in [6.07, 6.45) is -16.2. The summed E-state index contributed by atoms with van der Waals surface area (Å²) in [7, 11) is -4.25. The molecule has 4 N–H and O–H groups in total. The van der Waals surface area contributed by atoms with Crippen molar-refractivity contribution in [2.45, 2.75) is 107 Å². The number of carbonyl (C=O) groups is 4. The molecule has 9 rings (SSSR count). The molecule has 32 nitrogen and oxygen atoms in total. The predicted octanol–water partition coefficient (Wildman–Crippen LogP) is 2.00. The number of anilines is 1. The summed E-state index contributed by atoms with van der Waals surface area (Å²) >= 11 is 0.489. The number of nitro benzene ring substituents is 1. The van der Waals surface area contributed by atoms with Gasteiger partial charge in [-0.05, 0) is 23.0 Å². The van der Waals surface area contributed by atoms with Crippen molar-refractivity contribution in [2.75, 3.05) is 26.1 Å². The number of phosphoric acid groups is 1. The Hall–Kier alpha value is -6.58. The number of H-pyrrole nitrogens is 1. The molecule has 1 aromatic carbocycles. The fourth-order valence-corrected chi connectivity index (χ4v) is 12.9. The van der Waals surface area contributed by atoms with Gasteiger partial charge >= 0.3 is 44.2 Å². The zero-order valence-corrected chi connectivity index (χ0v) is 42.3. The Morgan fingerprint density at radius 1 is 0.895 bits per heavy atom. The third-order valence-electron chi connectivity index (χ3n) is 11.8. The number of halogens is 1. The summed E-state index contributed by atoms with van der Waals surface area (Å²) in [5, 5.41) is 12.7. The normalized spacial score (nSPS) is 31.8. The van der Waals surface area contributed by atoms with E-state index in [0.29, 0.717) is 11.4 Å². The smallest absolute Gasteiger partial charge is 0.467 e. The molecule has 7 unspecified atom stereocenters. The van der Waals surface area contributed by atoms with Crippen LogP contribution in [0.2, 0.25) is 0 Å². The van der Waals surface area contributed by atoms with Crippen LogP contribution in [0, 0.1) is 10.1 Å². The molecule has 0 amide bonds. The van der Waals surface area contributed by atoms with Crippen LogP contribution >= 0.6 is 26.0 Å². The quantitative estimate of drug-likeness (QED) is 0.0528. The number of hydrogen-bond donors (Lipinski definition) is 3. The first kappa shape index (κ1) is 54.2. The first-order valence-corrected chi connectivity index (χ1v) is 27.0. The number of benzene rings is 1. The molecule has 14 atom stereocenters. The van der Waals surface area contributed by atoms with E-state index in [9.17, 15) is 43.5 Å². The van der Waals surface area contributed by atoms with Crippen LogP contribution in [-0.4, -0.2) is 154 Å². The lowest BCUT2D eigenvalue weighted by Crippen LogP contribution is -2.64. The third-order valence-corrected chi connectivity index (χ3v) is 16.5. The van der Waals surface area contributed by atoms with Crippen LogP contribution in [0.15, 0.2) is 48.3 Å². The number of aromatic nitrogens is 8. The molecule has 0 aliphatic carbocycles. The van der Waals surface area contributed by atoms with E-state index in [1.165, 1.54) is 17.0 Å². The summed E-state index contributed by atoms with van der Waals surface area (Å²) in [6.45, 7) is -3.45. The minimum absolute atomic E-state index is 0.0156. The van der Waals surface area contributed by atoms with Gasteiger partial charge in [-0.3, -0.25) is 56.5 Å². The Balaban J connectivity index is 1.02. The number of nitrogens with zero attached hydrogens (tertiary/aromatic N) is 8. The third kappa shape index (κ3) is 11.3. The number of methoxy groups -OCH3 is 1. The number of fused-ring (bicyclic) bond motifs is 4. The second-order valence-electron chi connectivity index (χ2n) is 16.9. The molecular formula is C40H43FN10O22P2S. The minimum atomic E-state index is -5.22. The van der Waals surface area contributed by atoms with Crippen molar-refractivity contribution in [2.24, 2.45) is 0 Å². The number of carbonyl (C=O) groups excluding carboxylic acids is 4. The molecule has 408 valence electrons. The Morgan fingerprint density at radius 3 is 2.30 bits per heavy atom. The van der Waals surface area contributed by atoms with Crippen molar-refractivity contribution in [3.8, 4) is 5.75 Å². The number of rotatable bonds is 12. The van der Waals surface area contributed by atoms with E-state index >= 15 is 8.96 Å². The summed E-state index contributed by atoms with van der Waals surface area (Å²) in [6, 6.07) is 3.35. The highest BCUT2D eigenvalue weighted by atomic mass is 32.7. The first-order valence-electron chi connectivity index (χ1n) is 22.3. The number of aromatic amines is 1. The number of nitrogen functional groups attached to an aromatic ring is 1. The number of alkyl halides is 1. The Bertz CT molecular complexity index is 3240. The number of esters is 4. The van der Waals surface area contributed by atoms with Gasteiger partial charge in [0.25, 0.3) is 5.56 Å². The summed E-state index contributed by atoms with van der Waals surface area (Å²) in [5.41, 5.74) is 4.73. The summed E-state index contributed by atoms with van der Waals surface area (Å²) in [5.74, 6) is -5.16. The van der Waals surface area contributed by atoms with Crippen LogP contribution in [-0.2, 0) is 85.3 Å². The van der Waals surface area contributed by atoms with E-state index in [0.717, 1.165) is 63.6 Å². The summed E-state index contributed by atoms with van der Waals surface area (Å²) in [4.78, 5) is 108. The van der Waals surface area contributed by atoms with Crippen LogP contribution in [0.4, 0.5) is 15.9 Å². The van der Waals surface area contributed by atoms with Gasteiger partial charge in [-0.1, -0.05) is 6.07 Å². The largest absolute Gasteiger partial charge is 0.472 e. The van der Waals surface area contributed by atoms with Crippen LogP contribution in [0.5, 0.6) is 5.75 Å². The van der Waals surface area contributed by atoms with Gasteiger partial charge in [0, 0.05) is 39.0 Å². The average Bonchev–Trinajstić information content (AvgIpc) is 4.17. The van der Waals surface area contributed by atoms with E-state index < -0.39 is 153 Å². The molecule has 36 heteroatoms. The SMILES string of the molecule is COC(=O)C1OC(Oc2ccc(CSP3(=O)OC[C@H]4O[C@@H](n5cnc6c(N)ncnc65)[C@H](F)[C@@H]4OP(=O)(O)OC[C@H]4O[C@@H](n5cnc6c(=O)[nH]cnc65)C[C@@H]4O3)cc2[N+](=O)[O-])C(OC(C)=O)C(OC(C)=O)C1OC(C)=O. The number of phosphoric ester groups is 1. The molecule has 4 aromatic heterocycles. The van der Waals surface area contributed by atoms with E-state index in [1.54, 1.807) is 0 Å². The number of ether oxygens (including phenoxy) is 8. The van der Waals surface area contributed by atoms with Gasteiger partial charge in [-0.2, -0.15) is 0 Å². The number of nitrogens with two attached hydrogens (primary N) is 1. The molecule has 8 heterocycles. The molecular weight excluding hydrogens is 1090 g/mol. The monoisotopic (exact) mass is 1130 g/mol. The standard InChI is InChI=1S/C40H43FN10O22P2S/c1-16(52)65-30-31(66-17(2)53)33(67-18(3)54)40(71-32(30)39(56)62-4)70-21-6-5-19(7-20(21)51(57)58)11-76-75(61)64-10-24-29(26(41)38(69-24)50-15-47-27-34(42)43-12-44-35(27)50)73-74(59,60)63-9-23-22(72-75)8-25(68-23)49-14-48-28-36(49)45-13-46-37(28)55/h5-7,12-15,22-26,29-33,38,40H,8-11H2,1-4H3,(H,59,60)(H2,42,43,44)(H,45,46,55)/t22-,23+,24+,25+,26+,29+,30?,31?,32?,33?,38+,40?,75?/m0/s1. The lowest BCUT2D eigenvalue weighted by Gasteiger charge is -2.42. The van der Waals surface area contributed by atoms with Gasteiger partial charge in [0.1, 0.15) is 42.5 Å². The van der Waals surface area contributed by atoms with Gasteiger partial charge in [0.05, 0.1) is 44.2 Å². The van der Waals surface area contributed by atoms with Crippen LogP contribution in [0.25, 0.3) is 22.3 Å². The van der Waals surface area contributed by atoms with Crippen molar-refractivity contribution < 1.29 is 98.5 Å². The van der Waals surface area contributed by atoms with E-state index in [-0.39, 0.29) is 40.1 Å². The highest BCUT2D eigenvalue weighted by molar-refractivity contribution is 8.54. The lowest BCUT2D eigenvalue weighted by molar-refractivity contribution is -0.387. The van der Waals surface area contributed by atoms with Crippen LogP contribution in [0.1, 0.15) is 45.2 Å². The van der Waals surface area contributed by atoms with Crippen LogP contribution < -0.4 is 16.0 Å². The van der Waals surface area contributed by atoms with Gasteiger partial charge in [0.15, 0.2) is 59.1 Å². The lowest BCUT2D eigenvalue weighted by atomic mass is 9.97. The van der Waals surface area contributed by atoms with Crippen LogP contribution in [0.3, 0.4) is 0 Å². The average molecular weight is 1130 g/mol. The molecule has 4 saturated heterocycles. The predicted molar refractivity (Wildman–Crippen MR) is 247 cm³/mol. The first-order chi connectivity index (χ1) is 36.1. The van der Waals surface area contributed by atoms with E-state index in [1.807, 2.05) is 0 Å². The fraction of sp³-hybridized carbons (Fsp3) is 0.500. The Kier molecular flexibility index (Phi) is 15.6. The van der Waals surface area contributed by atoms with Crippen molar-refractivity contribution in [3.05, 3.63) is 69.5 Å². The van der Waals surface area contributed by atoms with Gasteiger partial charge in [-0.15, -0.1) is 0 Å². The van der Waals surface area contributed by atoms with Crippen molar-refractivity contribution in [1.82, 2.24) is 39.0 Å². The summed E-state index contributed by atoms with van der Waals surface area (Å²) < 4.78 is 116. The maximum Gasteiger partial charge on any atom is 0.472 e. The maximum absolute atomic E-state index is 16.7. The topological polar surface area (TPSA) is 410 Å². The number of hydrogen-bond acceptors (Lipinski definition) is 28. The van der Waals surface area contributed by atoms with Crippen molar-refractivity contribution in [1.29, 1.82) is 0 Å². The Morgan fingerprint density at radius 2 is 1.58 bits per heavy atom. The van der Waals surface area contributed by atoms with E-state index in [2.05, 4.69) is 29.9 Å². The maximum atomic E-state index is 16.7. The number of nitro groups is 1. The highest BCUT2D eigenvalue weighted by Crippen LogP contribution is 2.65.